The van der Waals surface area contributed by atoms with E-state index in [2.05, 4.69) is 5.32 Å². The molecule has 1 saturated carbocycles. The Morgan fingerprint density at radius 2 is 1.72 bits per heavy atom. The van der Waals surface area contributed by atoms with Crippen molar-refractivity contribution in [3.63, 3.8) is 0 Å². The van der Waals surface area contributed by atoms with Gasteiger partial charge in [-0.2, -0.15) is 4.31 Å². The Morgan fingerprint density at radius 3 is 2.32 bits per heavy atom. The Balaban J connectivity index is 1.33. The number of ether oxygens (including phenoxy) is 1. The van der Waals surface area contributed by atoms with Crippen molar-refractivity contribution in [1.82, 2.24) is 9.62 Å². The van der Waals surface area contributed by atoms with Crippen LogP contribution in [0.25, 0.3) is 0 Å². The summed E-state index contributed by atoms with van der Waals surface area (Å²) >= 11 is 0. The average Bonchev–Trinajstić information content (AvgIpc) is 3.04. The number of hydrogen-bond donors (Lipinski definition) is 1. The van der Waals surface area contributed by atoms with E-state index in [1.54, 1.807) is 12.1 Å². The van der Waals surface area contributed by atoms with Crippen molar-refractivity contribution in [1.29, 1.82) is 0 Å². The molecular weight excluding hydrogens is 340 g/mol. The summed E-state index contributed by atoms with van der Waals surface area (Å²) < 4.78 is 32.3. The minimum Gasteiger partial charge on any atom is -0.381 e. The minimum atomic E-state index is -3.47. The standard InChI is InChI=1S/C18H24N2O4S/c1-12-2-4-14(5-3-12)25(22,23)20-8-6-13(7-9-20)18(21)19-17-15-10-24-11-16(15)17/h2-5,13,15-17H,6-11H2,1H3,(H,19,21)/t15-,16+,17?. The number of nitrogens with one attached hydrogen (secondary N) is 1. The zero-order chi connectivity index (χ0) is 17.6. The van der Waals surface area contributed by atoms with Crippen LogP contribution < -0.4 is 5.32 Å². The van der Waals surface area contributed by atoms with Gasteiger partial charge in [0.2, 0.25) is 15.9 Å². The normalized spacial score (nSPS) is 30.0. The molecule has 0 bridgehead atoms. The molecule has 3 aliphatic rings. The quantitative estimate of drug-likeness (QED) is 0.870. The van der Waals surface area contributed by atoms with Gasteiger partial charge in [0, 0.05) is 36.9 Å². The fourth-order valence-corrected chi connectivity index (χ4v) is 5.42. The van der Waals surface area contributed by atoms with Crippen LogP contribution in [0, 0.1) is 24.7 Å². The number of piperidine rings is 1. The summed E-state index contributed by atoms with van der Waals surface area (Å²) in [5, 5.41) is 3.13. The number of fused-ring (bicyclic) bond motifs is 1. The zero-order valence-electron chi connectivity index (χ0n) is 14.3. The van der Waals surface area contributed by atoms with Crippen LogP contribution in [0.2, 0.25) is 0 Å². The van der Waals surface area contributed by atoms with E-state index in [4.69, 9.17) is 4.74 Å². The topological polar surface area (TPSA) is 75.7 Å². The molecule has 3 atom stereocenters. The third-order valence-electron chi connectivity index (χ3n) is 5.74. The lowest BCUT2D eigenvalue weighted by Crippen LogP contribution is -2.44. The first-order chi connectivity index (χ1) is 12.0. The smallest absolute Gasteiger partial charge is 0.243 e. The number of nitrogens with zero attached hydrogens (tertiary/aromatic N) is 1. The van der Waals surface area contributed by atoms with Gasteiger partial charge in [-0.3, -0.25) is 4.79 Å². The van der Waals surface area contributed by atoms with Crippen LogP contribution in [-0.2, 0) is 19.6 Å². The van der Waals surface area contributed by atoms with Gasteiger partial charge in [0.25, 0.3) is 0 Å². The molecule has 6 nitrogen and oxygen atoms in total. The fraction of sp³-hybridized carbons (Fsp3) is 0.611. The van der Waals surface area contributed by atoms with Crippen LogP contribution in [-0.4, -0.2) is 51.0 Å². The molecule has 0 aromatic heterocycles. The van der Waals surface area contributed by atoms with Crippen LogP contribution in [0.4, 0.5) is 0 Å². The first-order valence-electron chi connectivity index (χ1n) is 8.92. The molecule has 4 rings (SSSR count). The predicted molar refractivity (Wildman–Crippen MR) is 92.4 cm³/mol. The largest absolute Gasteiger partial charge is 0.381 e. The first kappa shape index (κ1) is 17.0. The lowest BCUT2D eigenvalue weighted by molar-refractivity contribution is -0.126. The maximum Gasteiger partial charge on any atom is 0.243 e. The Hall–Kier alpha value is -1.44. The highest BCUT2D eigenvalue weighted by molar-refractivity contribution is 7.89. The van der Waals surface area contributed by atoms with E-state index in [9.17, 15) is 13.2 Å². The maximum absolute atomic E-state index is 12.7. The van der Waals surface area contributed by atoms with E-state index in [1.807, 2.05) is 19.1 Å². The number of carbonyl (C=O) groups excluding carboxylic acids is 1. The van der Waals surface area contributed by atoms with E-state index >= 15 is 0 Å². The summed E-state index contributed by atoms with van der Waals surface area (Å²) in [5.41, 5.74) is 1.03. The molecule has 1 aliphatic carbocycles. The van der Waals surface area contributed by atoms with Crippen molar-refractivity contribution in [2.75, 3.05) is 26.3 Å². The highest BCUT2D eigenvalue weighted by atomic mass is 32.2. The van der Waals surface area contributed by atoms with Crippen LogP contribution >= 0.6 is 0 Å². The summed E-state index contributed by atoms with van der Waals surface area (Å²) in [6, 6.07) is 7.19. The molecule has 0 radical (unpaired) electrons. The van der Waals surface area contributed by atoms with Gasteiger partial charge in [-0.1, -0.05) is 17.7 Å². The molecule has 1 unspecified atom stereocenters. The lowest BCUT2D eigenvalue weighted by atomic mass is 9.97. The average molecular weight is 364 g/mol. The maximum atomic E-state index is 12.7. The van der Waals surface area contributed by atoms with Gasteiger partial charge in [-0.15, -0.1) is 0 Å². The third kappa shape index (κ3) is 3.20. The summed E-state index contributed by atoms with van der Waals surface area (Å²) in [7, 11) is -3.47. The summed E-state index contributed by atoms with van der Waals surface area (Å²) in [4.78, 5) is 12.7. The van der Waals surface area contributed by atoms with Crippen molar-refractivity contribution < 1.29 is 17.9 Å². The minimum absolute atomic E-state index is 0.0757. The fourth-order valence-electron chi connectivity index (χ4n) is 3.95. The first-order valence-corrected chi connectivity index (χ1v) is 10.4. The number of amides is 1. The summed E-state index contributed by atoms with van der Waals surface area (Å²) in [6.45, 7) is 4.23. The second-order valence-corrected chi connectivity index (χ2v) is 9.33. The SMILES string of the molecule is Cc1ccc(S(=O)(=O)N2CCC(C(=O)NC3[C@H]4COC[C@@H]34)CC2)cc1. The molecule has 2 aliphatic heterocycles. The van der Waals surface area contributed by atoms with Gasteiger partial charge in [0.15, 0.2) is 0 Å². The number of carbonyl (C=O) groups is 1. The zero-order valence-corrected chi connectivity index (χ0v) is 15.2. The van der Waals surface area contributed by atoms with Crippen molar-refractivity contribution in [3.8, 4) is 0 Å². The van der Waals surface area contributed by atoms with Crippen molar-refractivity contribution >= 4 is 15.9 Å². The number of benzene rings is 1. The molecule has 2 heterocycles. The van der Waals surface area contributed by atoms with Gasteiger partial charge >= 0.3 is 0 Å². The van der Waals surface area contributed by atoms with E-state index < -0.39 is 10.0 Å². The number of aryl methyl sites for hydroxylation is 1. The molecule has 1 amide bonds. The van der Waals surface area contributed by atoms with Gasteiger partial charge in [0.05, 0.1) is 18.1 Å². The molecular formula is C18H24N2O4S. The number of hydrogen-bond acceptors (Lipinski definition) is 4. The highest BCUT2D eigenvalue weighted by Gasteiger charge is 2.55. The van der Waals surface area contributed by atoms with E-state index in [0.29, 0.717) is 42.7 Å². The second-order valence-electron chi connectivity index (χ2n) is 7.39. The van der Waals surface area contributed by atoms with Gasteiger partial charge in [-0.05, 0) is 31.9 Å². The Morgan fingerprint density at radius 1 is 1.12 bits per heavy atom. The molecule has 1 N–H and O–H groups in total. The predicted octanol–water partition coefficient (Wildman–Crippen LogP) is 1.16. The monoisotopic (exact) mass is 364 g/mol. The van der Waals surface area contributed by atoms with E-state index in [-0.39, 0.29) is 17.9 Å². The molecule has 25 heavy (non-hydrogen) atoms. The molecule has 1 aromatic carbocycles. The van der Waals surface area contributed by atoms with Gasteiger partial charge in [0.1, 0.15) is 0 Å². The van der Waals surface area contributed by atoms with E-state index in [0.717, 1.165) is 18.8 Å². The highest BCUT2D eigenvalue weighted by Crippen LogP contribution is 2.44. The van der Waals surface area contributed by atoms with Crippen molar-refractivity contribution in [2.24, 2.45) is 17.8 Å². The van der Waals surface area contributed by atoms with E-state index in [1.165, 1.54) is 4.31 Å². The van der Waals surface area contributed by atoms with Crippen LogP contribution in [0.1, 0.15) is 18.4 Å². The van der Waals surface area contributed by atoms with Gasteiger partial charge < -0.3 is 10.1 Å². The third-order valence-corrected chi connectivity index (χ3v) is 7.66. The molecule has 0 spiro atoms. The number of rotatable bonds is 4. The molecule has 1 aromatic rings. The summed E-state index contributed by atoms with van der Waals surface area (Å²) in [6.07, 6.45) is 1.16. The molecule has 2 saturated heterocycles. The van der Waals surface area contributed by atoms with Crippen molar-refractivity contribution in [3.05, 3.63) is 29.8 Å². The van der Waals surface area contributed by atoms with Crippen LogP contribution in [0.15, 0.2) is 29.2 Å². The molecule has 136 valence electrons. The Kier molecular flexibility index (Phi) is 4.33. The van der Waals surface area contributed by atoms with Crippen molar-refractivity contribution in [2.45, 2.75) is 30.7 Å². The second kappa shape index (κ2) is 6.37. The lowest BCUT2D eigenvalue weighted by Gasteiger charge is -2.30. The van der Waals surface area contributed by atoms with Gasteiger partial charge in [-0.25, -0.2) is 8.42 Å². The van der Waals surface area contributed by atoms with Crippen LogP contribution in [0.5, 0.6) is 0 Å². The van der Waals surface area contributed by atoms with Crippen LogP contribution in [0.3, 0.4) is 0 Å². The molecule has 7 heteroatoms. The summed E-state index contributed by atoms with van der Waals surface area (Å²) in [5.74, 6) is 0.968. The Labute approximate surface area is 148 Å². The molecule has 3 fully saturated rings. The number of sulfonamides is 1. The Bertz CT molecular complexity index is 744.